The minimum Gasteiger partial charge on any atom is -0.504 e. The second-order valence-corrected chi connectivity index (χ2v) is 4.08. The molecule has 6 heteroatoms. The van der Waals surface area contributed by atoms with Gasteiger partial charge in [0.15, 0.2) is 11.5 Å². The van der Waals surface area contributed by atoms with Crippen molar-refractivity contribution in [3.8, 4) is 11.5 Å². The van der Waals surface area contributed by atoms with Gasteiger partial charge in [-0.3, -0.25) is 4.68 Å². The minimum absolute atomic E-state index is 0.0703. The van der Waals surface area contributed by atoms with Crippen LogP contribution in [0.2, 0.25) is 0 Å². The van der Waals surface area contributed by atoms with Crippen molar-refractivity contribution in [2.75, 3.05) is 19.0 Å². The molecular weight excluding hydrogens is 246 g/mol. The smallest absolute Gasteiger partial charge is 0.160 e. The van der Waals surface area contributed by atoms with Crippen molar-refractivity contribution in [2.24, 2.45) is 0 Å². The molecule has 102 valence electrons. The van der Waals surface area contributed by atoms with Crippen LogP contribution in [0.3, 0.4) is 0 Å². The van der Waals surface area contributed by atoms with Gasteiger partial charge in [0.2, 0.25) is 0 Å². The number of methoxy groups -OCH3 is 1. The maximum absolute atomic E-state index is 9.65. The van der Waals surface area contributed by atoms with E-state index < -0.39 is 0 Å². The first-order valence-electron chi connectivity index (χ1n) is 5.96. The molecule has 0 aliphatic heterocycles. The largest absolute Gasteiger partial charge is 0.504 e. The van der Waals surface area contributed by atoms with E-state index in [2.05, 4.69) is 10.4 Å². The summed E-state index contributed by atoms with van der Waals surface area (Å²) in [6.45, 7) is 1.15. The van der Waals surface area contributed by atoms with Gasteiger partial charge in [-0.25, -0.2) is 0 Å². The number of aliphatic hydroxyl groups is 1. The molecule has 0 amide bonds. The molecule has 3 N–H and O–H groups in total. The lowest BCUT2D eigenvalue weighted by Gasteiger charge is -2.08. The van der Waals surface area contributed by atoms with Gasteiger partial charge in [0, 0.05) is 30.1 Å². The van der Waals surface area contributed by atoms with E-state index in [1.54, 1.807) is 23.0 Å². The van der Waals surface area contributed by atoms with Crippen molar-refractivity contribution < 1.29 is 14.9 Å². The van der Waals surface area contributed by atoms with Crippen molar-refractivity contribution >= 4 is 5.69 Å². The molecule has 0 radical (unpaired) electrons. The van der Waals surface area contributed by atoms with E-state index in [1.807, 2.05) is 12.3 Å². The van der Waals surface area contributed by atoms with E-state index >= 15 is 0 Å². The van der Waals surface area contributed by atoms with Crippen LogP contribution >= 0.6 is 0 Å². The van der Waals surface area contributed by atoms with Gasteiger partial charge >= 0.3 is 0 Å². The van der Waals surface area contributed by atoms with E-state index in [0.717, 1.165) is 11.3 Å². The van der Waals surface area contributed by atoms with Crippen LogP contribution in [-0.4, -0.2) is 33.7 Å². The highest BCUT2D eigenvalue weighted by atomic mass is 16.5. The Morgan fingerprint density at radius 3 is 2.95 bits per heavy atom. The molecule has 1 heterocycles. The molecule has 0 aliphatic rings. The summed E-state index contributed by atoms with van der Waals surface area (Å²) in [6.07, 6.45) is 3.61. The van der Waals surface area contributed by atoms with Crippen LogP contribution in [0.4, 0.5) is 5.69 Å². The Balaban J connectivity index is 1.95. The van der Waals surface area contributed by atoms with E-state index in [9.17, 15) is 5.11 Å². The zero-order valence-electron chi connectivity index (χ0n) is 10.7. The van der Waals surface area contributed by atoms with E-state index in [4.69, 9.17) is 9.84 Å². The number of nitrogens with zero attached hydrogens (tertiary/aromatic N) is 2. The molecule has 0 saturated heterocycles. The Kier molecular flexibility index (Phi) is 4.25. The summed E-state index contributed by atoms with van der Waals surface area (Å²) in [5.41, 5.74) is 1.80. The Hall–Kier alpha value is -2.21. The first-order valence-corrected chi connectivity index (χ1v) is 5.96. The second-order valence-electron chi connectivity index (χ2n) is 4.08. The van der Waals surface area contributed by atoms with Crippen molar-refractivity contribution in [3.63, 3.8) is 0 Å². The highest BCUT2D eigenvalue weighted by Crippen LogP contribution is 2.28. The molecule has 19 heavy (non-hydrogen) atoms. The molecule has 1 aromatic carbocycles. The van der Waals surface area contributed by atoms with Crippen LogP contribution in [-0.2, 0) is 13.1 Å². The Bertz CT molecular complexity index is 540. The maximum Gasteiger partial charge on any atom is 0.160 e. The zero-order chi connectivity index (χ0) is 13.7. The molecule has 0 fully saturated rings. The van der Waals surface area contributed by atoms with Crippen LogP contribution in [0.15, 0.2) is 30.6 Å². The number of hydrogen-bond acceptors (Lipinski definition) is 5. The monoisotopic (exact) mass is 263 g/mol. The molecular formula is C13H17N3O3. The summed E-state index contributed by atoms with van der Waals surface area (Å²) in [4.78, 5) is 0. The van der Waals surface area contributed by atoms with Crippen LogP contribution in [0.5, 0.6) is 11.5 Å². The van der Waals surface area contributed by atoms with Crippen molar-refractivity contribution in [1.29, 1.82) is 0 Å². The summed E-state index contributed by atoms with van der Waals surface area (Å²) in [5, 5.41) is 25.7. The molecule has 1 aromatic heterocycles. The third kappa shape index (κ3) is 3.38. The van der Waals surface area contributed by atoms with Gasteiger partial charge in [0.05, 0.1) is 26.5 Å². The summed E-state index contributed by atoms with van der Waals surface area (Å²) >= 11 is 0. The summed E-state index contributed by atoms with van der Waals surface area (Å²) in [7, 11) is 1.51. The van der Waals surface area contributed by atoms with E-state index in [-0.39, 0.29) is 12.4 Å². The van der Waals surface area contributed by atoms with Gasteiger partial charge in [0.25, 0.3) is 0 Å². The zero-order valence-corrected chi connectivity index (χ0v) is 10.7. The lowest BCUT2D eigenvalue weighted by atomic mass is 10.2. The Morgan fingerprint density at radius 2 is 2.26 bits per heavy atom. The standard InChI is InChI=1S/C13H17N3O3/c1-19-13-3-2-11(6-12(13)18)14-7-10-8-15-16(9-10)4-5-17/h2-3,6,8-9,14,17-18H,4-5,7H2,1H3. The fourth-order valence-corrected chi connectivity index (χ4v) is 1.73. The lowest BCUT2D eigenvalue weighted by Crippen LogP contribution is -2.02. The summed E-state index contributed by atoms with van der Waals surface area (Å²) < 4.78 is 6.66. The number of rotatable bonds is 6. The number of aliphatic hydroxyl groups excluding tert-OH is 1. The van der Waals surface area contributed by atoms with Crippen LogP contribution in [0.25, 0.3) is 0 Å². The predicted molar refractivity (Wildman–Crippen MR) is 71.3 cm³/mol. The SMILES string of the molecule is COc1ccc(NCc2cnn(CCO)c2)cc1O. The quantitative estimate of drug-likeness (QED) is 0.730. The van der Waals surface area contributed by atoms with Crippen LogP contribution in [0, 0.1) is 0 Å². The Morgan fingerprint density at radius 1 is 1.42 bits per heavy atom. The minimum atomic E-state index is 0.0703. The van der Waals surface area contributed by atoms with E-state index in [1.165, 1.54) is 7.11 Å². The van der Waals surface area contributed by atoms with Crippen molar-refractivity contribution in [1.82, 2.24) is 9.78 Å². The molecule has 0 saturated carbocycles. The van der Waals surface area contributed by atoms with Crippen molar-refractivity contribution in [2.45, 2.75) is 13.1 Å². The molecule has 0 unspecified atom stereocenters. The highest BCUT2D eigenvalue weighted by molar-refractivity contribution is 5.54. The average Bonchev–Trinajstić information content (AvgIpc) is 2.85. The maximum atomic E-state index is 9.65. The third-order valence-electron chi connectivity index (χ3n) is 2.69. The first-order chi connectivity index (χ1) is 9.22. The molecule has 6 nitrogen and oxygen atoms in total. The summed E-state index contributed by atoms with van der Waals surface area (Å²) in [6, 6.07) is 5.14. The van der Waals surface area contributed by atoms with Crippen LogP contribution in [0.1, 0.15) is 5.56 Å². The van der Waals surface area contributed by atoms with Gasteiger partial charge < -0.3 is 20.3 Å². The first kappa shape index (κ1) is 13.2. The normalized spacial score (nSPS) is 10.4. The number of aromatic nitrogens is 2. The number of benzene rings is 1. The lowest BCUT2D eigenvalue weighted by molar-refractivity contribution is 0.269. The number of anilines is 1. The van der Waals surface area contributed by atoms with Gasteiger partial charge in [0.1, 0.15) is 0 Å². The number of phenols is 1. The topological polar surface area (TPSA) is 79.5 Å². The van der Waals surface area contributed by atoms with Gasteiger partial charge in [-0.2, -0.15) is 5.10 Å². The van der Waals surface area contributed by atoms with Crippen LogP contribution < -0.4 is 10.1 Å². The highest BCUT2D eigenvalue weighted by Gasteiger charge is 2.03. The van der Waals surface area contributed by atoms with Crippen molar-refractivity contribution in [3.05, 3.63) is 36.2 Å². The average molecular weight is 263 g/mol. The van der Waals surface area contributed by atoms with Gasteiger partial charge in [-0.1, -0.05) is 0 Å². The fourth-order valence-electron chi connectivity index (χ4n) is 1.73. The third-order valence-corrected chi connectivity index (χ3v) is 2.69. The number of phenolic OH excluding ortho intramolecular Hbond substituents is 1. The van der Waals surface area contributed by atoms with E-state index in [0.29, 0.717) is 18.8 Å². The second kappa shape index (κ2) is 6.10. The number of ether oxygens (including phenoxy) is 1. The van der Waals surface area contributed by atoms with Gasteiger partial charge in [-0.05, 0) is 12.1 Å². The molecule has 0 bridgehead atoms. The molecule has 2 aromatic rings. The molecule has 0 atom stereocenters. The predicted octanol–water partition coefficient (Wildman–Crippen LogP) is 1.20. The Labute approximate surface area is 111 Å². The molecule has 0 spiro atoms. The number of nitrogens with one attached hydrogen (secondary N) is 1. The number of hydrogen-bond donors (Lipinski definition) is 3. The van der Waals surface area contributed by atoms with Gasteiger partial charge in [-0.15, -0.1) is 0 Å². The number of aromatic hydroxyl groups is 1. The fraction of sp³-hybridized carbons (Fsp3) is 0.308. The molecule has 2 rings (SSSR count). The summed E-state index contributed by atoms with van der Waals surface area (Å²) in [5.74, 6) is 0.546. The molecule has 0 aliphatic carbocycles.